The molecule has 0 saturated carbocycles. The lowest BCUT2D eigenvalue weighted by molar-refractivity contribution is -0.121. The summed E-state index contributed by atoms with van der Waals surface area (Å²) in [5.74, 6) is -0.520. The minimum absolute atomic E-state index is 0.0356. The third-order valence-electron chi connectivity index (χ3n) is 3.59. The lowest BCUT2D eigenvalue weighted by atomic mass is 9.98. The van der Waals surface area contributed by atoms with Gasteiger partial charge >= 0.3 is 6.09 Å². The Labute approximate surface area is 123 Å². The third kappa shape index (κ3) is 3.21. The molecule has 0 unspecified atom stereocenters. The van der Waals surface area contributed by atoms with E-state index in [2.05, 4.69) is 4.99 Å². The van der Waals surface area contributed by atoms with Gasteiger partial charge in [0.1, 0.15) is 12.6 Å². The quantitative estimate of drug-likeness (QED) is 0.917. The largest absolute Gasteiger partial charge is 0.444 e. The molecule has 0 aromatic heterocycles. The first-order valence-electron chi connectivity index (χ1n) is 6.92. The van der Waals surface area contributed by atoms with Gasteiger partial charge in [0, 0.05) is 0 Å². The molecule has 2 atom stereocenters. The van der Waals surface area contributed by atoms with E-state index in [-0.39, 0.29) is 18.5 Å². The fourth-order valence-corrected chi connectivity index (χ4v) is 2.20. The van der Waals surface area contributed by atoms with E-state index in [1.807, 2.05) is 44.2 Å². The van der Waals surface area contributed by atoms with Crippen molar-refractivity contribution in [1.82, 2.24) is 4.90 Å². The topological polar surface area (TPSA) is 85.0 Å². The fourth-order valence-electron chi connectivity index (χ4n) is 2.20. The standard InChI is InChI=1S/C15H19N3O3/c1-3-10(2)12-13(19)17-14(16)18(12)15(20)21-9-11-7-5-4-6-8-11/h4-8,10,12H,3,9H2,1-2H3,(H2,16,17,19)/t10-,12-/m1/s1. The van der Waals surface area contributed by atoms with E-state index < -0.39 is 18.0 Å². The van der Waals surface area contributed by atoms with E-state index in [1.54, 1.807) is 0 Å². The SMILES string of the molecule is CC[C@@H](C)[C@@H]1C(=O)N=C(N)N1C(=O)OCc1ccccc1. The number of carbonyl (C=O) groups excluding carboxylic acids is 2. The van der Waals surface area contributed by atoms with E-state index in [1.165, 1.54) is 0 Å². The summed E-state index contributed by atoms with van der Waals surface area (Å²) in [6.07, 6.45) is 0.0954. The fraction of sp³-hybridized carbons (Fsp3) is 0.400. The van der Waals surface area contributed by atoms with Crippen LogP contribution in [0.25, 0.3) is 0 Å². The molecule has 1 aliphatic rings. The van der Waals surface area contributed by atoms with Gasteiger partial charge in [0.2, 0.25) is 5.96 Å². The Hall–Kier alpha value is -2.37. The number of benzene rings is 1. The molecule has 1 aliphatic heterocycles. The van der Waals surface area contributed by atoms with Crippen LogP contribution in [-0.2, 0) is 16.1 Å². The summed E-state index contributed by atoms with van der Waals surface area (Å²) >= 11 is 0. The van der Waals surface area contributed by atoms with Gasteiger partial charge < -0.3 is 10.5 Å². The van der Waals surface area contributed by atoms with Crippen molar-refractivity contribution in [2.45, 2.75) is 32.9 Å². The van der Waals surface area contributed by atoms with Gasteiger partial charge in [-0.25, -0.2) is 9.69 Å². The van der Waals surface area contributed by atoms with E-state index in [0.29, 0.717) is 0 Å². The van der Waals surface area contributed by atoms with Crippen LogP contribution in [0, 0.1) is 5.92 Å². The molecule has 1 aromatic carbocycles. The molecule has 21 heavy (non-hydrogen) atoms. The summed E-state index contributed by atoms with van der Waals surface area (Å²) < 4.78 is 5.23. The van der Waals surface area contributed by atoms with Crippen molar-refractivity contribution in [1.29, 1.82) is 0 Å². The van der Waals surface area contributed by atoms with Gasteiger partial charge in [0.15, 0.2) is 0 Å². The van der Waals surface area contributed by atoms with Crippen LogP contribution in [0.5, 0.6) is 0 Å². The normalized spacial score (nSPS) is 19.3. The van der Waals surface area contributed by atoms with Gasteiger partial charge in [-0.1, -0.05) is 50.6 Å². The van der Waals surface area contributed by atoms with Crippen molar-refractivity contribution in [2.75, 3.05) is 0 Å². The summed E-state index contributed by atoms with van der Waals surface area (Å²) in [5.41, 5.74) is 6.54. The van der Waals surface area contributed by atoms with Gasteiger partial charge in [-0.2, -0.15) is 4.99 Å². The Morgan fingerprint density at radius 3 is 2.71 bits per heavy atom. The molecule has 2 amide bonds. The van der Waals surface area contributed by atoms with E-state index in [0.717, 1.165) is 16.9 Å². The van der Waals surface area contributed by atoms with Crippen LogP contribution in [0.4, 0.5) is 4.79 Å². The number of guanidine groups is 1. The van der Waals surface area contributed by atoms with Crippen LogP contribution in [0.15, 0.2) is 35.3 Å². The second-order valence-electron chi connectivity index (χ2n) is 5.05. The molecule has 0 saturated heterocycles. The number of aliphatic imine (C=N–C) groups is 1. The van der Waals surface area contributed by atoms with Gasteiger partial charge in [-0.3, -0.25) is 4.79 Å². The van der Waals surface area contributed by atoms with Crippen LogP contribution in [0.2, 0.25) is 0 Å². The number of rotatable bonds is 4. The van der Waals surface area contributed by atoms with Crippen molar-refractivity contribution >= 4 is 18.0 Å². The minimum atomic E-state index is -0.668. The molecule has 0 bridgehead atoms. The number of hydrogen-bond donors (Lipinski definition) is 1. The maximum absolute atomic E-state index is 12.2. The number of carbonyl (C=O) groups is 2. The molecule has 112 valence electrons. The molecule has 1 aromatic rings. The Balaban J connectivity index is 2.06. The van der Waals surface area contributed by atoms with Crippen LogP contribution < -0.4 is 5.73 Å². The van der Waals surface area contributed by atoms with E-state index in [4.69, 9.17) is 10.5 Å². The van der Waals surface area contributed by atoms with Gasteiger partial charge in [-0.05, 0) is 11.5 Å². The number of amides is 2. The van der Waals surface area contributed by atoms with Gasteiger partial charge in [0.05, 0.1) is 0 Å². The van der Waals surface area contributed by atoms with Crippen LogP contribution >= 0.6 is 0 Å². The average molecular weight is 289 g/mol. The summed E-state index contributed by atoms with van der Waals surface area (Å²) in [5, 5.41) is 0. The van der Waals surface area contributed by atoms with Crippen molar-refractivity contribution < 1.29 is 14.3 Å². The van der Waals surface area contributed by atoms with Crippen molar-refractivity contribution in [3.63, 3.8) is 0 Å². The number of ether oxygens (including phenoxy) is 1. The monoisotopic (exact) mass is 289 g/mol. The predicted octanol–water partition coefficient (Wildman–Crippen LogP) is 1.89. The lowest BCUT2D eigenvalue weighted by Gasteiger charge is -2.26. The summed E-state index contributed by atoms with van der Waals surface area (Å²) in [4.78, 5) is 28.9. The highest BCUT2D eigenvalue weighted by Gasteiger charge is 2.41. The Bertz CT molecular complexity index is 557. The van der Waals surface area contributed by atoms with E-state index in [9.17, 15) is 9.59 Å². The van der Waals surface area contributed by atoms with Gasteiger partial charge in [-0.15, -0.1) is 0 Å². The molecule has 0 radical (unpaired) electrons. The average Bonchev–Trinajstić information content (AvgIpc) is 2.79. The molecular formula is C15H19N3O3. The van der Waals surface area contributed by atoms with Gasteiger partial charge in [0.25, 0.3) is 5.91 Å². The van der Waals surface area contributed by atoms with Crippen molar-refractivity contribution in [3.05, 3.63) is 35.9 Å². The molecule has 2 rings (SSSR count). The second kappa shape index (κ2) is 6.39. The third-order valence-corrected chi connectivity index (χ3v) is 3.59. The zero-order valence-electron chi connectivity index (χ0n) is 12.2. The first-order chi connectivity index (χ1) is 10.0. The highest BCUT2D eigenvalue weighted by molar-refractivity contribution is 6.09. The smallest absolute Gasteiger partial charge is 0.417 e. The zero-order chi connectivity index (χ0) is 15.4. The maximum Gasteiger partial charge on any atom is 0.417 e. The van der Waals surface area contributed by atoms with Crippen LogP contribution in [0.1, 0.15) is 25.8 Å². The van der Waals surface area contributed by atoms with Crippen LogP contribution in [0.3, 0.4) is 0 Å². The molecular weight excluding hydrogens is 270 g/mol. The van der Waals surface area contributed by atoms with Crippen LogP contribution in [-0.4, -0.2) is 28.9 Å². The first-order valence-corrected chi connectivity index (χ1v) is 6.92. The summed E-state index contributed by atoms with van der Waals surface area (Å²) in [7, 11) is 0. The predicted molar refractivity (Wildman–Crippen MR) is 78.3 cm³/mol. The minimum Gasteiger partial charge on any atom is -0.444 e. The molecule has 6 nitrogen and oxygen atoms in total. The molecule has 1 heterocycles. The molecule has 0 spiro atoms. The summed E-state index contributed by atoms with van der Waals surface area (Å²) in [6.45, 7) is 3.96. The summed E-state index contributed by atoms with van der Waals surface area (Å²) in [6, 6.07) is 8.64. The number of nitrogens with zero attached hydrogens (tertiary/aromatic N) is 2. The maximum atomic E-state index is 12.2. The highest BCUT2D eigenvalue weighted by Crippen LogP contribution is 2.22. The highest BCUT2D eigenvalue weighted by atomic mass is 16.6. The number of nitrogens with two attached hydrogens (primary N) is 1. The van der Waals surface area contributed by atoms with E-state index >= 15 is 0 Å². The molecule has 6 heteroatoms. The van der Waals surface area contributed by atoms with Crippen molar-refractivity contribution in [3.8, 4) is 0 Å². The zero-order valence-corrected chi connectivity index (χ0v) is 12.2. The Morgan fingerprint density at radius 1 is 1.43 bits per heavy atom. The molecule has 0 aliphatic carbocycles. The number of hydrogen-bond acceptors (Lipinski definition) is 4. The Morgan fingerprint density at radius 2 is 2.10 bits per heavy atom. The lowest BCUT2D eigenvalue weighted by Crippen LogP contribution is -2.48. The van der Waals surface area contributed by atoms with Crippen molar-refractivity contribution in [2.24, 2.45) is 16.6 Å². The molecule has 2 N–H and O–H groups in total. The second-order valence-corrected chi connectivity index (χ2v) is 5.05. The molecule has 0 fully saturated rings. The first kappa shape index (κ1) is 15.0. The Kier molecular flexibility index (Phi) is 4.57.